The van der Waals surface area contributed by atoms with Crippen molar-refractivity contribution in [3.05, 3.63) is 65.0 Å². The molecule has 5 rings (SSSR count). The maximum Gasteiger partial charge on any atom is 0.351 e. The standard InChI is InChI=1S/C19H19N5O2/c25-19-23-11-4-3-9-17(23)21-24(19)13-22-10-5-6-14(12-22)18-20-15-7-1-2-8-16(15)26-18/h1-4,7-9,11,14H,5-6,10,12-13H2. The second-order valence-corrected chi connectivity index (χ2v) is 6.79. The highest BCUT2D eigenvalue weighted by molar-refractivity contribution is 5.72. The highest BCUT2D eigenvalue weighted by Crippen LogP contribution is 2.29. The number of hydrogen-bond donors (Lipinski definition) is 0. The zero-order valence-electron chi connectivity index (χ0n) is 14.3. The van der Waals surface area contributed by atoms with Crippen LogP contribution in [0.2, 0.25) is 0 Å². The summed E-state index contributed by atoms with van der Waals surface area (Å²) in [4.78, 5) is 19.4. The molecule has 1 saturated heterocycles. The third-order valence-electron chi connectivity index (χ3n) is 4.99. The molecule has 7 nitrogen and oxygen atoms in total. The van der Waals surface area contributed by atoms with Gasteiger partial charge in [0.15, 0.2) is 17.1 Å². The number of piperidine rings is 1. The summed E-state index contributed by atoms with van der Waals surface area (Å²) in [7, 11) is 0. The Labute approximate surface area is 149 Å². The van der Waals surface area contributed by atoms with Gasteiger partial charge in [0.05, 0.1) is 6.67 Å². The van der Waals surface area contributed by atoms with Crippen molar-refractivity contribution in [2.45, 2.75) is 25.4 Å². The maximum absolute atomic E-state index is 12.5. The molecule has 4 heterocycles. The number of aromatic nitrogens is 4. The van der Waals surface area contributed by atoms with E-state index in [9.17, 15) is 4.79 Å². The first-order chi connectivity index (χ1) is 12.8. The van der Waals surface area contributed by atoms with Gasteiger partial charge >= 0.3 is 5.69 Å². The van der Waals surface area contributed by atoms with Crippen molar-refractivity contribution in [1.82, 2.24) is 24.1 Å². The van der Waals surface area contributed by atoms with Gasteiger partial charge in [-0.3, -0.25) is 9.30 Å². The molecular formula is C19H19N5O2. The second-order valence-electron chi connectivity index (χ2n) is 6.79. The van der Waals surface area contributed by atoms with E-state index in [1.165, 1.54) is 4.68 Å². The Morgan fingerprint density at radius 1 is 1.15 bits per heavy atom. The summed E-state index contributed by atoms with van der Waals surface area (Å²) in [6, 6.07) is 13.4. The van der Waals surface area contributed by atoms with E-state index in [1.54, 1.807) is 10.6 Å². The fraction of sp³-hybridized carbons (Fsp3) is 0.316. The van der Waals surface area contributed by atoms with Crippen LogP contribution in [0.3, 0.4) is 0 Å². The topological polar surface area (TPSA) is 68.6 Å². The van der Waals surface area contributed by atoms with Gasteiger partial charge in [0.25, 0.3) is 0 Å². The molecule has 26 heavy (non-hydrogen) atoms. The summed E-state index contributed by atoms with van der Waals surface area (Å²) in [5.41, 5.74) is 2.29. The first-order valence-electron chi connectivity index (χ1n) is 8.90. The van der Waals surface area contributed by atoms with Crippen molar-refractivity contribution in [3.63, 3.8) is 0 Å². The molecule has 7 heteroatoms. The summed E-state index contributed by atoms with van der Waals surface area (Å²) >= 11 is 0. The zero-order chi connectivity index (χ0) is 17.5. The lowest BCUT2D eigenvalue weighted by molar-refractivity contribution is 0.146. The monoisotopic (exact) mass is 349 g/mol. The number of benzene rings is 1. The van der Waals surface area contributed by atoms with Crippen LogP contribution >= 0.6 is 0 Å². The van der Waals surface area contributed by atoms with E-state index >= 15 is 0 Å². The van der Waals surface area contributed by atoms with Gasteiger partial charge in [-0.15, -0.1) is 5.10 Å². The van der Waals surface area contributed by atoms with Crippen LogP contribution in [-0.2, 0) is 6.67 Å². The quantitative estimate of drug-likeness (QED) is 0.568. The summed E-state index contributed by atoms with van der Waals surface area (Å²) < 4.78 is 9.05. The number of likely N-dealkylation sites (tertiary alicyclic amines) is 1. The van der Waals surface area contributed by atoms with Crippen molar-refractivity contribution in [2.24, 2.45) is 0 Å². The van der Waals surface area contributed by atoms with E-state index in [1.807, 2.05) is 42.5 Å². The van der Waals surface area contributed by atoms with Gasteiger partial charge in [-0.25, -0.2) is 9.78 Å². The summed E-state index contributed by atoms with van der Waals surface area (Å²) in [6.45, 7) is 2.24. The van der Waals surface area contributed by atoms with Crippen molar-refractivity contribution >= 4 is 16.7 Å². The smallest absolute Gasteiger partial charge is 0.351 e. The van der Waals surface area contributed by atoms with Crippen LogP contribution in [0.5, 0.6) is 0 Å². The van der Waals surface area contributed by atoms with E-state index < -0.39 is 0 Å². The van der Waals surface area contributed by atoms with Crippen molar-refractivity contribution in [2.75, 3.05) is 13.1 Å². The summed E-state index contributed by atoms with van der Waals surface area (Å²) in [5, 5.41) is 4.43. The number of pyridine rings is 1. The lowest BCUT2D eigenvalue weighted by Gasteiger charge is -2.30. The van der Waals surface area contributed by atoms with Crippen LogP contribution < -0.4 is 5.69 Å². The predicted octanol–water partition coefficient (Wildman–Crippen LogP) is 2.47. The molecule has 132 valence electrons. The average Bonchev–Trinajstić information content (AvgIpc) is 3.24. The molecule has 0 spiro atoms. The van der Waals surface area contributed by atoms with Gasteiger partial charge in [0.1, 0.15) is 5.52 Å². The molecule has 1 aromatic carbocycles. The van der Waals surface area contributed by atoms with Crippen molar-refractivity contribution < 1.29 is 4.42 Å². The fourth-order valence-electron chi connectivity index (χ4n) is 3.70. The first-order valence-corrected chi connectivity index (χ1v) is 8.90. The number of fused-ring (bicyclic) bond motifs is 2. The Balaban J connectivity index is 1.38. The largest absolute Gasteiger partial charge is 0.440 e. The van der Waals surface area contributed by atoms with Gasteiger partial charge in [-0.2, -0.15) is 4.68 Å². The molecule has 1 aliphatic heterocycles. The zero-order valence-corrected chi connectivity index (χ0v) is 14.3. The number of oxazole rings is 1. The van der Waals surface area contributed by atoms with Crippen LogP contribution in [-0.4, -0.2) is 37.2 Å². The Bertz CT molecular complexity index is 1090. The van der Waals surface area contributed by atoms with Gasteiger partial charge in [-0.05, 0) is 43.7 Å². The molecule has 0 aliphatic carbocycles. The van der Waals surface area contributed by atoms with Crippen LogP contribution in [0.15, 0.2) is 57.9 Å². The van der Waals surface area contributed by atoms with Gasteiger partial charge < -0.3 is 4.42 Å². The van der Waals surface area contributed by atoms with E-state index in [0.717, 1.165) is 42.9 Å². The van der Waals surface area contributed by atoms with Crippen LogP contribution in [0.1, 0.15) is 24.7 Å². The SMILES string of the molecule is O=c1n(CN2CCCC(c3nc4ccccc4o3)C2)nc2ccccn12. The molecule has 3 aromatic heterocycles. The van der Waals surface area contributed by atoms with Crippen LogP contribution in [0.25, 0.3) is 16.7 Å². The van der Waals surface area contributed by atoms with Crippen molar-refractivity contribution in [1.29, 1.82) is 0 Å². The van der Waals surface area contributed by atoms with E-state index in [4.69, 9.17) is 4.42 Å². The highest BCUT2D eigenvalue weighted by Gasteiger charge is 2.26. The molecule has 1 unspecified atom stereocenters. The predicted molar refractivity (Wildman–Crippen MR) is 97.0 cm³/mol. The minimum Gasteiger partial charge on any atom is -0.440 e. The van der Waals surface area contributed by atoms with Crippen LogP contribution in [0, 0.1) is 0 Å². The molecule has 1 fully saturated rings. The molecule has 0 bridgehead atoms. The minimum atomic E-state index is -0.107. The minimum absolute atomic E-state index is 0.107. The molecule has 1 atom stereocenters. The van der Waals surface area contributed by atoms with Crippen molar-refractivity contribution in [3.8, 4) is 0 Å². The summed E-state index contributed by atoms with van der Waals surface area (Å²) in [6.07, 6.45) is 3.84. The van der Waals surface area contributed by atoms with Gasteiger partial charge in [-0.1, -0.05) is 18.2 Å². The lowest BCUT2D eigenvalue weighted by atomic mass is 9.98. The Morgan fingerprint density at radius 3 is 2.92 bits per heavy atom. The van der Waals surface area contributed by atoms with Crippen LogP contribution in [0.4, 0.5) is 0 Å². The molecule has 0 saturated carbocycles. The molecule has 0 radical (unpaired) electrons. The maximum atomic E-state index is 12.5. The molecule has 1 aliphatic rings. The molecule has 0 amide bonds. The second kappa shape index (κ2) is 6.10. The number of nitrogens with zero attached hydrogens (tertiary/aromatic N) is 5. The Morgan fingerprint density at radius 2 is 2.04 bits per heavy atom. The van der Waals surface area contributed by atoms with E-state index in [2.05, 4.69) is 15.0 Å². The van der Waals surface area contributed by atoms with E-state index in [0.29, 0.717) is 12.3 Å². The number of para-hydroxylation sites is 2. The third-order valence-corrected chi connectivity index (χ3v) is 4.99. The fourth-order valence-corrected chi connectivity index (χ4v) is 3.70. The molecule has 4 aromatic rings. The van der Waals surface area contributed by atoms with Gasteiger partial charge in [0.2, 0.25) is 0 Å². The highest BCUT2D eigenvalue weighted by atomic mass is 16.3. The molecule has 0 N–H and O–H groups in total. The normalized spacial score (nSPS) is 18.7. The summed E-state index contributed by atoms with van der Waals surface area (Å²) in [5.74, 6) is 1.03. The Hall–Kier alpha value is -2.93. The van der Waals surface area contributed by atoms with Gasteiger partial charge in [0, 0.05) is 18.7 Å². The van der Waals surface area contributed by atoms with E-state index in [-0.39, 0.29) is 11.6 Å². The third kappa shape index (κ3) is 2.61. The lowest BCUT2D eigenvalue weighted by Crippen LogP contribution is -2.39. The number of rotatable bonds is 3. The molecular weight excluding hydrogens is 330 g/mol. The Kier molecular flexibility index (Phi) is 3.60. The number of hydrogen-bond acceptors (Lipinski definition) is 5. The average molecular weight is 349 g/mol. The first kappa shape index (κ1) is 15.3.